The van der Waals surface area contributed by atoms with Crippen molar-refractivity contribution < 1.29 is 14.3 Å². The van der Waals surface area contributed by atoms with Crippen LogP contribution < -0.4 is 0 Å². The molecule has 0 unspecified atom stereocenters. The van der Waals surface area contributed by atoms with Gasteiger partial charge in [0.1, 0.15) is 0 Å². The summed E-state index contributed by atoms with van der Waals surface area (Å²) in [5.74, 6) is -0.0395. The maximum absolute atomic E-state index is 11.7. The zero-order chi connectivity index (χ0) is 21.4. The molecule has 0 spiro atoms. The van der Waals surface area contributed by atoms with Gasteiger partial charge in [-0.05, 0) is 71.3 Å². The van der Waals surface area contributed by atoms with Crippen LogP contribution in [0.4, 0.5) is 0 Å². The van der Waals surface area contributed by atoms with Gasteiger partial charge in [-0.25, -0.2) is 4.79 Å². The summed E-state index contributed by atoms with van der Waals surface area (Å²) in [7, 11) is 0. The van der Waals surface area contributed by atoms with E-state index in [1.54, 1.807) is 6.92 Å². The van der Waals surface area contributed by atoms with E-state index >= 15 is 0 Å². The smallest absolute Gasteiger partial charge is 0.373 e. The summed E-state index contributed by atoms with van der Waals surface area (Å²) in [5, 5.41) is 0. The second-order valence-corrected chi connectivity index (χ2v) is 6.36. The molecule has 3 nitrogen and oxygen atoms in total. The zero-order valence-electron chi connectivity index (χ0n) is 18.6. The minimum absolute atomic E-state index is 0.332. The molecule has 0 aliphatic rings. The van der Waals surface area contributed by atoms with E-state index in [0.29, 0.717) is 19.0 Å². The lowest BCUT2D eigenvalue weighted by molar-refractivity contribution is -0.142. The van der Waals surface area contributed by atoms with Gasteiger partial charge in [0.05, 0.1) is 13.2 Å². The first-order chi connectivity index (χ1) is 14.3. The van der Waals surface area contributed by atoms with Gasteiger partial charge in [-0.3, -0.25) is 0 Å². The number of ether oxygens (including phenoxy) is 2. The molecule has 0 saturated carbocycles. The van der Waals surface area contributed by atoms with E-state index in [2.05, 4.69) is 67.7 Å². The van der Waals surface area contributed by atoms with Crippen LogP contribution in [-0.4, -0.2) is 19.2 Å². The molecular formula is C26H40O3. The van der Waals surface area contributed by atoms with Gasteiger partial charge >= 0.3 is 5.97 Å². The maximum Gasteiger partial charge on any atom is 0.373 e. The second kappa shape index (κ2) is 22.0. The van der Waals surface area contributed by atoms with Gasteiger partial charge in [-0.15, -0.1) is 0 Å². The average Bonchev–Trinajstić information content (AvgIpc) is 2.72. The molecule has 0 aliphatic heterocycles. The molecule has 0 heterocycles. The third-order valence-electron chi connectivity index (χ3n) is 3.84. The third-order valence-corrected chi connectivity index (χ3v) is 3.84. The molecule has 0 bridgehead atoms. The van der Waals surface area contributed by atoms with Crippen molar-refractivity contribution in [3.05, 3.63) is 72.6 Å². The Kier molecular flexibility index (Phi) is 20.3. The number of unbranched alkanes of at least 4 members (excludes halogenated alkanes) is 2. The van der Waals surface area contributed by atoms with Gasteiger partial charge in [-0.2, -0.15) is 0 Å². The van der Waals surface area contributed by atoms with E-state index in [1.165, 1.54) is 0 Å². The number of rotatable bonds is 17. The van der Waals surface area contributed by atoms with Crippen molar-refractivity contribution in [3.8, 4) is 0 Å². The Morgan fingerprint density at radius 3 is 1.59 bits per heavy atom. The van der Waals surface area contributed by atoms with Crippen LogP contribution in [-0.2, 0) is 14.3 Å². The predicted molar refractivity (Wildman–Crippen MR) is 125 cm³/mol. The first-order valence-corrected chi connectivity index (χ1v) is 11.0. The Bertz CT molecular complexity index is 563. The van der Waals surface area contributed by atoms with Gasteiger partial charge in [0.2, 0.25) is 5.76 Å². The standard InChI is InChI=1S/C26H40O3/c1-4-7-8-9-10-11-12-13-14-15-16-17-18-19-20-21-22-23-24-25(28-5-2)26(27)29-6-3/h7-8,10-11,13-14,16-17,19-20,24H,4-6,9,12,15,18,21-23H2,1-3H3/b8-7-,11-10-,14-13-,17-16-,20-19-,25-24?. The molecule has 0 fully saturated rings. The minimum atomic E-state index is -0.371. The molecule has 3 heteroatoms. The summed E-state index contributed by atoms with van der Waals surface area (Å²) in [5.41, 5.74) is 0. The highest BCUT2D eigenvalue weighted by Crippen LogP contribution is 2.07. The first kappa shape index (κ1) is 26.7. The SMILES string of the molecule is CC/C=C\C/C=C\C/C=C\C/C=C\C/C=C\CCCC=C(OCC)C(=O)OCC. The van der Waals surface area contributed by atoms with Gasteiger partial charge in [0.15, 0.2) is 0 Å². The quantitative estimate of drug-likeness (QED) is 0.0839. The van der Waals surface area contributed by atoms with Crippen LogP contribution in [0.1, 0.15) is 72.1 Å². The fraction of sp³-hybridized carbons (Fsp3) is 0.500. The fourth-order valence-corrected chi connectivity index (χ4v) is 2.40. The molecule has 0 aromatic heterocycles. The number of esters is 1. The van der Waals surface area contributed by atoms with Crippen molar-refractivity contribution >= 4 is 5.97 Å². The molecule has 0 N–H and O–H groups in total. The lowest BCUT2D eigenvalue weighted by atomic mass is 10.2. The molecule has 0 aliphatic carbocycles. The molecule has 162 valence electrons. The molecule has 29 heavy (non-hydrogen) atoms. The first-order valence-electron chi connectivity index (χ1n) is 11.0. The molecule has 0 amide bonds. The fourth-order valence-electron chi connectivity index (χ4n) is 2.40. The van der Waals surface area contributed by atoms with Gasteiger partial charge < -0.3 is 9.47 Å². The van der Waals surface area contributed by atoms with Crippen LogP contribution in [0.2, 0.25) is 0 Å². The Balaban J connectivity index is 3.79. The Hall–Kier alpha value is -2.29. The Labute approximate surface area is 178 Å². The molecule has 0 saturated heterocycles. The van der Waals surface area contributed by atoms with Crippen molar-refractivity contribution in [2.24, 2.45) is 0 Å². The normalized spacial score (nSPS) is 13.0. The molecule has 0 aromatic carbocycles. The highest BCUT2D eigenvalue weighted by molar-refractivity contribution is 5.86. The van der Waals surface area contributed by atoms with Crippen molar-refractivity contribution in [2.75, 3.05) is 13.2 Å². The minimum Gasteiger partial charge on any atom is -0.487 e. The lowest BCUT2D eigenvalue weighted by Gasteiger charge is -2.07. The highest BCUT2D eigenvalue weighted by atomic mass is 16.6. The topological polar surface area (TPSA) is 35.5 Å². The van der Waals surface area contributed by atoms with Crippen LogP contribution in [0.5, 0.6) is 0 Å². The van der Waals surface area contributed by atoms with Crippen molar-refractivity contribution in [3.63, 3.8) is 0 Å². The lowest BCUT2D eigenvalue weighted by Crippen LogP contribution is -2.10. The van der Waals surface area contributed by atoms with E-state index in [-0.39, 0.29) is 5.97 Å². The van der Waals surface area contributed by atoms with Crippen LogP contribution in [0.3, 0.4) is 0 Å². The Morgan fingerprint density at radius 2 is 1.10 bits per heavy atom. The van der Waals surface area contributed by atoms with E-state index < -0.39 is 0 Å². The molecule has 0 atom stereocenters. The van der Waals surface area contributed by atoms with Crippen LogP contribution in [0.15, 0.2) is 72.6 Å². The summed E-state index contributed by atoms with van der Waals surface area (Å²) in [4.78, 5) is 11.7. The van der Waals surface area contributed by atoms with Crippen LogP contribution in [0.25, 0.3) is 0 Å². The number of carbonyl (C=O) groups excluding carboxylic acids is 1. The summed E-state index contributed by atoms with van der Waals surface area (Å²) in [6.45, 7) is 6.65. The highest BCUT2D eigenvalue weighted by Gasteiger charge is 2.10. The largest absolute Gasteiger partial charge is 0.487 e. The van der Waals surface area contributed by atoms with Crippen molar-refractivity contribution in [1.29, 1.82) is 0 Å². The summed E-state index contributed by atoms with van der Waals surface area (Å²) in [6, 6.07) is 0. The van der Waals surface area contributed by atoms with E-state index in [1.807, 2.05) is 13.0 Å². The predicted octanol–water partition coefficient (Wildman–Crippen LogP) is 7.39. The molecule has 0 radical (unpaired) electrons. The van der Waals surface area contributed by atoms with Crippen molar-refractivity contribution in [2.45, 2.75) is 72.1 Å². The number of allylic oxidation sites excluding steroid dienone is 11. The number of hydrogen-bond acceptors (Lipinski definition) is 3. The van der Waals surface area contributed by atoms with Gasteiger partial charge in [-0.1, -0.05) is 67.7 Å². The van der Waals surface area contributed by atoms with Crippen LogP contribution in [0, 0.1) is 0 Å². The molecule has 0 aromatic rings. The summed E-state index contributed by atoms with van der Waals surface area (Å²) >= 11 is 0. The van der Waals surface area contributed by atoms with Crippen molar-refractivity contribution in [1.82, 2.24) is 0 Å². The monoisotopic (exact) mass is 400 g/mol. The average molecular weight is 401 g/mol. The van der Waals surface area contributed by atoms with E-state index in [9.17, 15) is 4.79 Å². The molecule has 0 rings (SSSR count). The van der Waals surface area contributed by atoms with E-state index in [4.69, 9.17) is 9.47 Å². The van der Waals surface area contributed by atoms with Crippen LogP contribution >= 0.6 is 0 Å². The Morgan fingerprint density at radius 1 is 0.621 bits per heavy atom. The van der Waals surface area contributed by atoms with Gasteiger partial charge in [0, 0.05) is 0 Å². The van der Waals surface area contributed by atoms with E-state index in [0.717, 1.165) is 51.4 Å². The molecular weight excluding hydrogens is 360 g/mol. The van der Waals surface area contributed by atoms with Gasteiger partial charge in [0.25, 0.3) is 0 Å². The second-order valence-electron chi connectivity index (χ2n) is 6.36. The zero-order valence-corrected chi connectivity index (χ0v) is 18.6. The number of carbonyl (C=O) groups is 1. The number of hydrogen-bond donors (Lipinski definition) is 0. The third kappa shape index (κ3) is 18.8. The summed E-state index contributed by atoms with van der Waals surface area (Å²) < 4.78 is 10.3. The maximum atomic E-state index is 11.7. The summed E-state index contributed by atoms with van der Waals surface area (Å²) in [6.07, 6.45) is 31.7.